The standard InChI is InChI=1S/C14H18N2O2/c1-9-5-6-10(2)11(7-9)16-8-12(17)15-14(3,4)13(16)18/h5-7H,8H2,1-4H3,(H,15,17). The van der Waals surface area contributed by atoms with Gasteiger partial charge in [-0.1, -0.05) is 12.1 Å². The summed E-state index contributed by atoms with van der Waals surface area (Å²) in [5.41, 5.74) is 2.06. The molecule has 4 nitrogen and oxygen atoms in total. The quantitative estimate of drug-likeness (QED) is 0.817. The van der Waals surface area contributed by atoms with Gasteiger partial charge in [0.2, 0.25) is 5.91 Å². The van der Waals surface area contributed by atoms with Crippen molar-refractivity contribution in [2.45, 2.75) is 33.2 Å². The second-order valence-corrected chi connectivity index (χ2v) is 5.35. The number of nitrogens with zero attached hydrogens (tertiary/aromatic N) is 1. The lowest BCUT2D eigenvalue weighted by atomic mass is 9.98. The van der Waals surface area contributed by atoms with Crippen LogP contribution in [0, 0.1) is 13.8 Å². The number of amides is 2. The molecule has 18 heavy (non-hydrogen) atoms. The molecule has 0 aromatic heterocycles. The van der Waals surface area contributed by atoms with E-state index < -0.39 is 5.54 Å². The minimum atomic E-state index is -0.842. The fourth-order valence-electron chi connectivity index (χ4n) is 2.20. The molecule has 1 aromatic rings. The van der Waals surface area contributed by atoms with Gasteiger partial charge in [0, 0.05) is 5.69 Å². The second-order valence-electron chi connectivity index (χ2n) is 5.35. The molecule has 0 spiro atoms. The summed E-state index contributed by atoms with van der Waals surface area (Å²) < 4.78 is 0. The number of benzene rings is 1. The van der Waals surface area contributed by atoms with Crippen molar-refractivity contribution in [3.63, 3.8) is 0 Å². The molecule has 1 aliphatic rings. The Morgan fingerprint density at radius 3 is 2.56 bits per heavy atom. The normalized spacial score (nSPS) is 18.8. The number of hydrogen-bond donors (Lipinski definition) is 1. The Hall–Kier alpha value is -1.84. The largest absolute Gasteiger partial charge is 0.341 e. The molecule has 0 atom stereocenters. The molecule has 0 unspecified atom stereocenters. The summed E-state index contributed by atoms with van der Waals surface area (Å²) in [6, 6.07) is 5.91. The van der Waals surface area contributed by atoms with Gasteiger partial charge in [0.05, 0.1) is 0 Å². The molecule has 0 aliphatic carbocycles. The molecular formula is C14H18N2O2. The van der Waals surface area contributed by atoms with Gasteiger partial charge in [-0.25, -0.2) is 0 Å². The van der Waals surface area contributed by atoms with Gasteiger partial charge in [-0.2, -0.15) is 0 Å². The summed E-state index contributed by atoms with van der Waals surface area (Å²) in [5, 5.41) is 2.71. The van der Waals surface area contributed by atoms with Crippen molar-refractivity contribution in [2.24, 2.45) is 0 Å². The number of rotatable bonds is 1. The monoisotopic (exact) mass is 246 g/mol. The molecule has 2 rings (SSSR count). The van der Waals surface area contributed by atoms with Crippen LogP contribution in [0.15, 0.2) is 18.2 Å². The minimum absolute atomic E-state index is 0.0733. The Labute approximate surface area is 107 Å². The first-order chi connectivity index (χ1) is 8.31. The van der Waals surface area contributed by atoms with E-state index in [1.54, 1.807) is 18.7 Å². The molecule has 1 heterocycles. The van der Waals surface area contributed by atoms with Gasteiger partial charge >= 0.3 is 0 Å². The number of nitrogens with one attached hydrogen (secondary N) is 1. The third-order valence-corrected chi connectivity index (χ3v) is 3.19. The van der Waals surface area contributed by atoms with Gasteiger partial charge in [-0.05, 0) is 44.9 Å². The first kappa shape index (κ1) is 12.6. The molecule has 1 aliphatic heterocycles. The number of carbonyl (C=O) groups excluding carboxylic acids is 2. The maximum Gasteiger partial charge on any atom is 0.252 e. The van der Waals surface area contributed by atoms with Gasteiger partial charge in [-0.3, -0.25) is 9.59 Å². The van der Waals surface area contributed by atoms with Crippen molar-refractivity contribution < 1.29 is 9.59 Å². The highest BCUT2D eigenvalue weighted by Gasteiger charge is 2.40. The van der Waals surface area contributed by atoms with E-state index in [1.807, 2.05) is 32.0 Å². The van der Waals surface area contributed by atoms with Crippen LogP contribution in [0.2, 0.25) is 0 Å². The van der Waals surface area contributed by atoms with Crippen LogP contribution < -0.4 is 10.2 Å². The zero-order valence-electron chi connectivity index (χ0n) is 11.2. The highest BCUT2D eigenvalue weighted by Crippen LogP contribution is 2.26. The topological polar surface area (TPSA) is 49.4 Å². The van der Waals surface area contributed by atoms with Crippen molar-refractivity contribution in [1.82, 2.24) is 5.32 Å². The van der Waals surface area contributed by atoms with Crippen molar-refractivity contribution in [2.75, 3.05) is 11.4 Å². The van der Waals surface area contributed by atoms with Crippen LogP contribution in [0.5, 0.6) is 0 Å². The first-order valence-electron chi connectivity index (χ1n) is 6.01. The van der Waals surface area contributed by atoms with Crippen molar-refractivity contribution in [3.8, 4) is 0 Å². The molecule has 0 saturated carbocycles. The predicted molar refractivity (Wildman–Crippen MR) is 70.5 cm³/mol. The molecular weight excluding hydrogens is 228 g/mol. The maximum atomic E-state index is 12.4. The van der Waals surface area contributed by atoms with E-state index >= 15 is 0 Å². The Kier molecular flexibility index (Phi) is 2.89. The third-order valence-electron chi connectivity index (χ3n) is 3.19. The highest BCUT2D eigenvalue weighted by atomic mass is 16.2. The third kappa shape index (κ3) is 2.10. The van der Waals surface area contributed by atoms with E-state index in [4.69, 9.17) is 0 Å². The zero-order valence-corrected chi connectivity index (χ0v) is 11.2. The molecule has 1 fully saturated rings. The van der Waals surface area contributed by atoms with E-state index in [9.17, 15) is 9.59 Å². The van der Waals surface area contributed by atoms with Gasteiger partial charge < -0.3 is 10.2 Å². The Morgan fingerprint density at radius 1 is 1.22 bits per heavy atom. The molecule has 2 amide bonds. The summed E-state index contributed by atoms with van der Waals surface area (Å²) >= 11 is 0. The lowest BCUT2D eigenvalue weighted by Crippen LogP contribution is -2.64. The van der Waals surface area contributed by atoms with Crippen LogP contribution in [0.25, 0.3) is 0 Å². The van der Waals surface area contributed by atoms with Gasteiger partial charge in [-0.15, -0.1) is 0 Å². The highest BCUT2D eigenvalue weighted by molar-refractivity contribution is 6.09. The molecule has 0 bridgehead atoms. The van der Waals surface area contributed by atoms with Crippen molar-refractivity contribution in [3.05, 3.63) is 29.3 Å². The fourth-order valence-corrected chi connectivity index (χ4v) is 2.20. The molecule has 96 valence electrons. The maximum absolute atomic E-state index is 12.4. The number of hydrogen-bond acceptors (Lipinski definition) is 2. The van der Waals surface area contributed by atoms with E-state index in [0.29, 0.717) is 0 Å². The minimum Gasteiger partial charge on any atom is -0.341 e. The van der Waals surface area contributed by atoms with Crippen LogP contribution in [-0.4, -0.2) is 23.9 Å². The summed E-state index contributed by atoms with van der Waals surface area (Å²) in [7, 11) is 0. The summed E-state index contributed by atoms with van der Waals surface area (Å²) in [6.45, 7) is 7.46. The van der Waals surface area contributed by atoms with Gasteiger partial charge in [0.15, 0.2) is 0 Å². The molecule has 1 saturated heterocycles. The van der Waals surface area contributed by atoms with Crippen LogP contribution in [-0.2, 0) is 9.59 Å². The van der Waals surface area contributed by atoms with E-state index in [-0.39, 0.29) is 18.4 Å². The number of carbonyl (C=O) groups is 2. The predicted octanol–water partition coefficient (Wildman–Crippen LogP) is 1.54. The second kappa shape index (κ2) is 4.12. The smallest absolute Gasteiger partial charge is 0.252 e. The average Bonchev–Trinajstić information content (AvgIpc) is 2.26. The number of anilines is 1. The lowest BCUT2D eigenvalue weighted by Gasteiger charge is -2.38. The number of piperazine rings is 1. The van der Waals surface area contributed by atoms with Crippen LogP contribution in [0.3, 0.4) is 0 Å². The Balaban J connectivity index is 2.46. The summed E-state index contributed by atoms with van der Waals surface area (Å²) in [6.07, 6.45) is 0. The van der Waals surface area contributed by atoms with Gasteiger partial charge in [0.1, 0.15) is 12.1 Å². The summed E-state index contributed by atoms with van der Waals surface area (Å²) in [5.74, 6) is -0.198. The fraction of sp³-hybridized carbons (Fsp3) is 0.429. The summed E-state index contributed by atoms with van der Waals surface area (Å²) in [4.78, 5) is 25.6. The Morgan fingerprint density at radius 2 is 1.89 bits per heavy atom. The molecule has 1 aromatic carbocycles. The lowest BCUT2D eigenvalue weighted by molar-refractivity contribution is -0.134. The average molecular weight is 246 g/mol. The van der Waals surface area contributed by atoms with Crippen LogP contribution in [0.4, 0.5) is 5.69 Å². The Bertz CT molecular complexity index is 521. The van der Waals surface area contributed by atoms with E-state index in [1.165, 1.54) is 0 Å². The zero-order chi connectivity index (χ0) is 13.5. The number of aryl methyl sites for hydroxylation is 2. The van der Waals surface area contributed by atoms with Gasteiger partial charge in [0.25, 0.3) is 5.91 Å². The van der Waals surface area contributed by atoms with Crippen molar-refractivity contribution >= 4 is 17.5 Å². The SMILES string of the molecule is Cc1ccc(C)c(N2CC(=O)NC(C)(C)C2=O)c1. The van der Waals surface area contributed by atoms with Crippen LogP contribution in [0.1, 0.15) is 25.0 Å². The van der Waals surface area contributed by atoms with Crippen LogP contribution >= 0.6 is 0 Å². The molecule has 4 heteroatoms. The van der Waals surface area contributed by atoms with Crippen molar-refractivity contribution in [1.29, 1.82) is 0 Å². The molecule has 0 radical (unpaired) electrons. The molecule has 1 N–H and O–H groups in total. The van der Waals surface area contributed by atoms with E-state index in [2.05, 4.69) is 5.32 Å². The van der Waals surface area contributed by atoms with E-state index in [0.717, 1.165) is 16.8 Å². The first-order valence-corrected chi connectivity index (χ1v) is 6.01.